The maximum atomic E-state index is 5.78. The summed E-state index contributed by atoms with van der Waals surface area (Å²) in [7, 11) is 1.92. The summed E-state index contributed by atoms with van der Waals surface area (Å²) in [5.74, 6) is 3.24. The molecule has 1 aromatic heterocycles. The van der Waals surface area contributed by atoms with Crippen LogP contribution >= 0.6 is 0 Å². The van der Waals surface area contributed by atoms with Crippen molar-refractivity contribution in [3.63, 3.8) is 0 Å². The topological polar surface area (TPSA) is 43.6 Å². The van der Waals surface area contributed by atoms with Gasteiger partial charge in [-0.2, -0.15) is 0 Å². The van der Waals surface area contributed by atoms with Crippen LogP contribution in [0.25, 0.3) is 0 Å². The molecule has 4 heteroatoms. The number of aryl methyl sites for hydroxylation is 1. The highest BCUT2D eigenvalue weighted by Gasteiger charge is 2.09. The summed E-state index contributed by atoms with van der Waals surface area (Å²) < 4.78 is 17.0. The lowest BCUT2D eigenvalue weighted by molar-refractivity contribution is 0.246. The summed E-state index contributed by atoms with van der Waals surface area (Å²) in [6.07, 6.45) is 0. The van der Waals surface area contributed by atoms with Crippen LogP contribution < -0.4 is 14.8 Å². The highest BCUT2D eigenvalue weighted by molar-refractivity contribution is 5.39. The van der Waals surface area contributed by atoms with E-state index in [2.05, 4.69) is 5.32 Å². The van der Waals surface area contributed by atoms with Crippen molar-refractivity contribution in [2.75, 3.05) is 13.7 Å². The van der Waals surface area contributed by atoms with Crippen LogP contribution in [0.1, 0.15) is 24.0 Å². The first-order valence-electron chi connectivity index (χ1n) is 6.82. The zero-order valence-electron chi connectivity index (χ0n) is 12.2. The van der Waals surface area contributed by atoms with Crippen molar-refractivity contribution in [1.82, 2.24) is 5.32 Å². The SMILES string of the molecule is CCOc1ccccc1OCc1cc(CNC)c(C)o1. The van der Waals surface area contributed by atoms with Crippen LogP contribution in [0, 0.1) is 6.92 Å². The van der Waals surface area contributed by atoms with E-state index < -0.39 is 0 Å². The van der Waals surface area contributed by atoms with Crippen molar-refractivity contribution in [1.29, 1.82) is 0 Å². The normalized spacial score (nSPS) is 10.6. The molecule has 0 saturated carbocycles. The van der Waals surface area contributed by atoms with Crippen molar-refractivity contribution in [2.45, 2.75) is 27.0 Å². The summed E-state index contributed by atoms with van der Waals surface area (Å²) in [6, 6.07) is 9.68. The number of ether oxygens (including phenoxy) is 2. The van der Waals surface area contributed by atoms with Crippen LogP contribution in [0.3, 0.4) is 0 Å². The molecule has 0 unspecified atom stereocenters. The van der Waals surface area contributed by atoms with Gasteiger partial charge in [0.1, 0.15) is 18.1 Å². The second-order valence-electron chi connectivity index (χ2n) is 4.49. The predicted octanol–water partition coefficient (Wildman–Crippen LogP) is 3.29. The summed E-state index contributed by atoms with van der Waals surface area (Å²) in [5.41, 5.74) is 1.16. The molecule has 0 aliphatic rings. The van der Waals surface area contributed by atoms with Crippen LogP contribution in [0.2, 0.25) is 0 Å². The van der Waals surface area contributed by atoms with Gasteiger partial charge in [0.25, 0.3) is 0 Å². The van der Waals surface area contributed by atoms with Gasteiger partial charge in [0.05, 0.1) is 6.61 Å². The first kappa shape index (κ1) is 14.5. The lowest BCUT2D eigenvalue weighted by atomic mass is 10.2. The molecule has 0 amide bonds. The van der Waals surface area contributed by atoms with E-state index in [4.69, 9.17) is 13.9 Å². The maximum Gasteiger partial charge on any atom is 0.161 e. The number of hydrogen-bond acceptors (Lipinski definition) is 4. The van der Waals surface area contributed by atoms with Gasteiger partial charge in [0.2, 0.25) is 0 Å². The molecule has 2 aromatic rings. The Kier molecular flexibility index (Phi) is 5.07. The molecule has 0 bridgehead atoms. The standard InChI is InChI=1S/C16H21NO3/c1-4-18-15-7-5-6-8-16(15)19-11-14-9-13(10-17-3)12(2)20-14/h5-9,17H,4,10-11H2,1-3H3. The number of hydrogen-bond donors (Lipinski definition) is 1. The van der Waals surface area contributed by atoms with Gasteiger partial charge in [-0.15, -0.1) is 0 Å². The summed E-state index contributed by atoms with van der Waals surface area (Å²) in [4.78, 5) is 0. The van der Waals surface area contributed by atoms with Gasteiger partial charge in [0, 0.05) is 12.1 Å². The predicted molar refractivity (Wildman–Crippen MR) is 78.2 cm³/mol. The smallest absolute Gasteiger partial charge is 0.161 e. The molecule has 2 rings (SSSR count). The molecule has 108 valence electrons. The van der Waals surface area contributed by atoms with E-state index in [0.717, 1.165) is 35.1 Å². The third kappa shape index (κ3) is 3.54. The number of furan rings is 1. The van der Waals surface area contributed by atoms with Crippen molar-refractivity contribution in [3.05, 3.63) is 47.4 Å². The van der Waals surface area contributed by atoms with Gasteiger partial charge < -0.3 is 19.2 Å². The molecule has 1 N–H and O–H groups in total. The Hall–Kier alpha value is -1.94. The lowest BCUT2D eigenvalue weighted by Crippen LogP contribution is -2.04. The molecular formula is C16H21NO3. The molecule has 0 saturated heterocycles. The molecule has 4 nitrogen and oxygen atoms in total. The summed E-state index contributed by atoms with van der Waals surface area (Å²) in [5, 5.41) is 3.12. The quantitative estimate of drug-likeness (QED) is 0.842. The monoisotopic (exact) mass is 275 g/mol. The van der Waals surface area contributed by atoms with E-state index in [-0.39, 0.29) is 0 Å². The van der Waals surface area contributed by atoms with Crippen LogP contribution in [0.4, 0.5) is 0 Å². The first-order chi connectivity index (χ1) is 9.74. The van der Waals surface area contributed by atoms with Crippen LogP contribution in [0.15, 0.2) is 34.7 Å². The molecule has 0 spiro atoms. The van der Waals surface area contributed by atoms with E-state index in [0.29, 0.717) is 13.2 Å². The molecule has 0 aliphatic carbocycles. The Balaban J connectivity index is 2.03. The fourth-order valence-corrected chi connectivity index (χ4v) is 2.02. The van der Waals surface area contributed by atoms with Gasteiger partial charge in [-0.25, -0.2) is 0 Å². The second-order valence-corrected chi connectivity index (χ2v) is 4.49. The van der Waals surface area contributed by atoms with E-state index in [9.17, 15) is 0 Å². The van der Waals surface area contributed by atoms with E-state index in [1.54, 1.807) is 0 Å². The molecule has 0 radical (unpaired) electrons. The van der Waals surface area contributed by atoms with Gasteiger partial charge >= 0.3 is 0 Å². The minimum absolute atomic E-state index is 0.397. The van der Waals surface area contributed by atoms with Gasteiger partial charge in [0.15, 0.2) is 11.5 Å². The summed E-state index contributed by atoms with van der Waals surface area (Å²) in [6.45, 7) is 5.73. The minimum Gasteiger partial charge on any atom is -0.490 e. The fraction of sp³-hybridized carbons (Fsp3) is 0.375. The van der Waals surface area contributed by atoms with Gasteiger partial charge in [-0.05, 0) is 39.1 Å². The molecule has 0 fully saturated rings. The highest BCUT2D eigenvalue weighted by atomic mass is 16.5. The largest absolute Gasteiger partial charge is 0.490 e. The van der Waals surface area contributed by atoms with Crippen molar-refractivity contribution in [2.24, 2.45) is 0 Å². The third-order valence-electron chi connectivity index (χ3n) is 2.96. The van der Waals surface area contributed by atoms with E-state index in [1.807, 2.05) is 51.2 Å². The second kappa shape index (κ2) is 7.01. The van der Waals surface area contributed by atoms with Crippen molar-refractivity contribution < 1.29 is 13.9 Å². The zero-order chi connectivity index (χ0) is 14.4. The minimum atomic E-state index is 0.397. The molecule has 0 aliphatic heterocycles. The average Bonchev–Trinajstić information content (AvgIpc) is 2.79. The first-order valence-corrected chi connectivity index (χ1v) is 6.82. The van der Waals surface area contributed by atoms with Crippen LogP contribution in [-0.4, -0.2) is 13.7 Å². The molecule has 0 atom stereocenters. The average molecular weight is 275 g/mol. The van der Waals surface area contributed by atoms with Gasteiger partial charge in [-0.1, -0.05) is 12.1 Å². The number of para-hydroxylation sites is 2. The number of rotatable bonds is 7. The Morgan fingerprint density at radius 3 is 2.50 bits per heavy atom. The number of nitrogens with one attached hydrogen (secondary N) is 1. The summed E-state index contributed by atoms with van der Waals surface area (Å²) >= 11 is 0. The van der Waals surface area contributed by atoms with E-state index >= 15 is 0 Å². The Bertz CT molecular complexity index is 548. The van der Waals surface area contributed by atoms with Crippen LogP contribution in [-0.2, 0) is 13.2 Å². The van der Waals surface area contributed by atoms with Gasteiger partial charge in [-0.3, -0.25) is 0 Å². The fourth-order valence-electron chi connectivity index (χ4n) is 2.02. The third-order valence-corrected chi connectivity index (χ3v) is 2.96. The highest BCUT2D eigenvalue weighted by Crippen LogP contribution is 2.27. The Labute approximate surface area is 119 Å². The van der Waals surface area contributed by atoms with Crippen molar-refractivity contribution in [3.8, 4) is 11.5 Å². The molecular weight excluding hydrogens is 254 g/mol. The number of benzene rings is 1. The zero-order valence-corrected chi connectivity index (χ0v) is 12.2. The Morgan fingerprint density at radius 2 is 1.85 bits per heavy atom. The van der Waals surface area contributed by atoms with E-state index in [1.165, 1.54) is 0 Å². The Morgan fingerprint density at radius 1 is 1.15 bits per heavy atom. The maximum absolute atomic E-state index is 5.78. The van der Waals surface area contributed by atoms with Crippen molar-refractivity contribution >= 4 is 0 Å². The lowest BCUT2D eigenvalue weighted by Gasteiger charge is -2.10. The molecule has 20 heavy (non-hydrogen) atoms. The molecule has 1 heterocycles. The van der Waals surface area contributed by atoms with Crippen LogP contribution in [0.5, 0.6) is 11.5 Å². The molecule has 1 aromatic carbocycles.